The Balaban J connectivity index is 1.16. The van der Waals surface area contributed by atoms with Gasteiger partial charge in [0.1, 0.15) is 0 Å². The fraction of sp³-hybridized carbons (Fsp3) is 0.0159. The van der Waals surface area contributed by atoms with Crippen LogP contribution in [0.5, 0.6) is 0 Å². The smallest absolute Gasteiger partial charge is 0.0727 e. The maximum absolute atomic E-state index is 2.52. The Labute approximate surface area is 379 Å². The first kappa shape index (κ1) is 37.1. The number of fused-ring (bicyclic) bond motifs is 14. The molecule has 2 nitrogen and oxygen atoms in total. The molecule has 0 aromatic heterocycles. The number of hydrogen-bond donors (Lipinski definition) is 0. The van der Waals surface area contributed by atoms with Crippen molar-refractivity contribution < 1.29 is 0 Å². The maximum atomic E-state index is 2.52. The molecule has 0 amide bonds. The standard InChI is InChI=1S/C63H42N2/c1-3-23-45(24-4-1)64(61-35-17-21-43-19-7-9-27-49(43)61)47-37-39-55-51-29-11-12-30-52(51)56-40-38-48(65(46-25-5-2-6-26-46)62-36-18-22-44-20-8-10-28-50(44)62)42-60(56)63(59(55)41-47)57-33-15-13-31-53(57)54-32-14-16-34-58(54)63/h1-42H. The first-order chi connectivity index (χ1) is 32.3. The Kier molecular flexibility index (Phi) is 8.47. The number of anilines is 6. The molecule has 2 aliphatic carbocycles. The Morgan fingerprint density at radius 2 is 0.585 bits per heavy atom. The normalized spacial score (nSPS) is 12.7. The predicted molar refractivity (Wildman–Crippen MR) is 273 cm³/mol. The summed E-state index contributed by atoms with van der Waals surface area (Å²) in [5, 5.41) is 4.82. The number of hydrogen-bond acceptors (Lipinski definition) is 2. The summed E-state index contributed by atoms with van der Waals surface area (Å²) in [5.41, 5.74) is 18.5. The minimum absolute atomic E-state index is 0.703. The molecule has 65 heavy (non-hydrogen) atoms. The molecular weight excluding hydrogens is 785 g/mol. The fourth-order valence-electron chi connectivity index (χ4n) is 11.2. The molecule has 13 rings (SSSR count). The molecule has 0 bridgehead atoms. The zero-order chi connectivity index (χ0) is 42.9. The van der Waals surface area contributed by atoms with Crippen LogP contribution in [-0.4, -0.2) is 0 Å². The second-order valence-electron chi connectivity index (χ2n) is 17.2. The van der Waals surface area contributed by atoms with Crippen LogP contribution < -0.4 is 9.80 Å². The molecule has 0 fully saturated rings. The minimum atomic E-state index is -0.703. The zero-order valence-electron chi connectivity index (χ0n) is 35.6. The molecule has 0 unspecified atom stereocenters. The van der Waals surface area contributed by atoms with Gasteiger partial charge >= 0.3 is 0 Å². The van der Waals surface area contributed by atoms with Crippen LogP contribution in [0.15, 0.2) is 255 Å². The quantitative estimate of drug-likeness (QED) is 0.165. The van der Waals surface area contributed by atoms with Gasteiger partial charge in [-0.15, -0.1) is 0 Å². The Morgan fingerprint density at radius 3 is 1.05 bits per heavy atom. The van der Waals surface area contributed by atoms with E-state index in [1.165, 1.54) is 77.2 Å². The fourth-order valence-corrected chi connectivity index (χ4v) is 11.2. The molecule has 11 aromatic carbocycles. The van der Waals surface area contributed by atoms with Gasteiger partial charge in [-0.1, -0.05) is 194 Å². The van der Waals surface area contributed by atoms with Gasteiger partial charge in [0.2, 0.25) is 0 Å². The molecular formula is C63H42N2. The first-order valence-electron chi connectivity index (χ1n) is 22.5. The molecule has 11 aromatic rings. The number of rotatable bonds is 6. The van der Waals surface area contributed by atoms with Crippen LogP contribution in [0.2, 0.25) is 0 Å². The second-order valence-corrected chi connectivity index (χ2v) is 17.2. The van der Waals surface area contributed by atoms with Gasteiger partial charge in [-0.05, 0) is 127 Å². The predicted octanol–water partition coefficient (Wildman–Crippen LogP) is 16.9. The summed E-state index contributed by atoms with van der Waals surface area (Å²) < 4.78 is 0. The van der Waals surface area contributed by atoms with E-state index in [0.29, 0.717) is 0 Å². The molecule has 0 aliphatic heterocycles. The van der Waals surface area contributed by atoms with Crippen LogP contribution in [0.1, 0.15) is 22.3 Å². The maximum Gasteiger partial charge on any atom is 0.0727 e. The summed E-state index contributed by atoms with van der Waals surface area (Å²) in [6.45, 7) is 0. The van der Waals surface area contributed by atoms with Crippen molar-refractivity contribution in [3.8, 4) is 33.4 Å². The number of nitrogens with zero attached hydrogens (tertiary/aromatic N) is 2. The summed E-state index contributed by atoms with van der Waals surface area (Å²) in [6, 6.07) is 94.3. The Hall–Kier alpha value is -8.46. The molecule has 0 N–H and O–H groups in total. The van der Waals surface area contributed by atoms with Gasteiger partial charge in [-0.3, -0.25) is 0 Å². The number of benzene rings is 11. The summed E-state index contributed by atoms with van der Waals surface area (Å²) in [6.07, 6.45) is 0. The van der Waals surface area contributed by atoms with Crippen LogP contribution in [0.3, 0.4) is 0 Å². The van der Waals surface area contributed by atoms with E-state index < -0.39 is 5.41 Å². The van der Waals surface area contributed by atoms with Crippen molar-refractivity contribution in [2.75, 3.05) is 9.80 Å². The van der Waals surface area contributed by atoms with Crippen molar-refractivity contribution in [1.82, 2.24) is 0 Å². The summed E-state index contributed by atoms with van der Waals surface area (Å²) in [5.74, 6) is 0. The van der Waals surface area contributed by atoms with Gasteiger partial charge in [-0.2, -0.15) is 0 Å². The van der Waals surface area contributed by atoms with E-state index in [9.17, 15) is 0 Å². The molecule has 0 radical (unpaired) electrons. The monoisotopic (exact) mass is 826 g/mol. The lowest BCUT2D eigenvalue weighted by Gasteiger charge is -2.37. The molecule has 0 atom stereocenters. The van der Waals surface area contributed by atoms with Gasteiger partial charge in [0.15, 0.2) is 0 Å². The highest BCUT2D eigenvalue weighted by molar-refractivity contribution is 6.03. The van der Waals surface area contributed by atoms with Crippen LogP contribution in [0.4, 0.5) is 34.1 Å². The Morgan fingerprint density at radius 1 is 0.231 bits per heavy atom. The van der Waals surface area contributed by atoms with Crippen molar-refractivity contribution in [1.29, 1.82) is 0 Å². The number of para-hydroxylation sites is 2. The highest BCUT2D eigenvalue weighted by Crippen LogP contribution is 2.63. The second kappa shape index (κ2) is 14.8. The lowest BCUT2D eigenvalue weighted by molar-refractivity contribution is 0.775. The zero-order valence-corrected chi connectivity index (χ0v) is 35.6. The van der Waals surface area contributed by atoms with Gasteiger partial charge in [0.05, 0.1) is 16.8 Å². The van der Waals surface area contributed by atoms with Gasteiger partial charge in [0, 0.05) is 33.5 Å². The molecule has 0 heterocycles. The molecule has 2 aliphatic rings. The average molecular weight is 827 g/mol. The van der Waals surface area contributed by atoms with E-state index in [2.05, 4.69) is 265 Å². The third-order valence-electron chi connectivity index (χ3n) is 13.8. The minimum Gasteiger partial charge on any atom is -0.310 e. The van der Waals surface area contributed by atoms with E-state index in [1.54, 1.807) is 0 Å². The first-order valence-corrected chi connectivity index (χ1v) is 22.5. The van der Waals surface area contributed by atoms with Gasteiger partial charge in [-0.25, -0.2) is 0 Å². The van der Waals surface area contributed by atoms with Crippen molar-refractivity contribution in [2.45, 2.75) is 5.41 Å². The molecule has 1 spiro atoms. The third-order valence-corrected chi connectivity index (χ3v) is 13.8. The average Bonchev–Trinajstić information content (AvgIpc) is 3.63. The molecule has 304 valence electrons. The third kappa shape index (κ3) is 5.60. The van der Waals surface area contributed by atoms with Gasteiger partial charge in [0.25, 0.3) is 0 Å². The van der Waals surface area contributed by atoms with Crippen LogP contribution >= 0.6 is 0 Å². The largest absolute Gasteiger partial charge is 0.310 e. The highest BCUT2D eigenvalue weighted by atomic mass is 15.1. The van der Waals surface area contributed by atoms with E-state index >= 15 is 0 Å². The summed E-state index contributed by atoms with van der Waals surface area (Å²) in [4.78, 5) is 4.91. The summed E-state index contributed by atoms with van der Waals surface area (Å²) in [7, 11) is 0. The molecule has 0 saturated heterocycles. The summed E-state index contributed by atoms with van der Waals surface area (Å²) >= 11 is 0. The van der Waals surface area contributed by atoms with Crippen molar-refractivity contribution >= 4 is 55.7 Å². The topological polar surface area (TPSA) is 6.48 Å². The van der Waals surface area contributed by atoms with E-state index in [-0.39, 0.29) is 0 Å². The molecule has 0 saturated carbocycles. The highest BCUT2D eigenvalue weighted by Gasteiger charge is 2.50. The van der Waals surface area contributed by atoms with E-state index in [4.69, 9.17) is 0 Å². The SMILES string of the molecule is c1ccc(N(c2ccc3c(c2)C2(c4cc(N(c5ccccc5)c5cccc6ccccc56)ccc4-c4ccccc4-3)c3ccccc3-c3ccccc32)c2cccc3ccccc23)cc1. The van der Waals surface area contributed by atoms with Gasteiger partial charge < -0.3 is 9.80 Å². The van der Waals surface area contributed by atoms with Crippen LogP contribution in [-0.2, 0) is 5.41 Å². The molecule has 2 heteroatoms. The van der Waals surface area contributed by atoms with Crippen LogP contribution in [0.25, 0.3) is 54.9 Å². The van der Waals surface area contributed by atoms with E-state index in [1.807, 2.05) is 0 Å². The lowest BCUT2D eigenvalue weighted by Crippen LogP contribution is -2.30. The van der Waals surface area contributed by atoms with Crippen molar-refractivity contribution in [2.24, 2.45) is 0 Å². The van der Waals surface area contributed by atoms with Crippen LogP contribution in [0, 0.1) is 0 Å². The van der Waals surface area contributed by atoms with E-state index in [0.717, 1.165) is 34.1 Å². The van der Waals surface area contributed by atoms with Crippen molar-refractivity contribution in [3.05, 3.63) is 277 Å². The lowest BCUT2D eigenvalue weighted by atomic mass is 9.65. The van der Waals surface area contributed by atoms with Crippen molar-refractivity contribution in [3.63, 3.8) is 0 Å². The Bertz CT molecular complexity index is 3380.